The Balaban J connectivity index is 3.26. The van der Waals surface area contributed by atoms with Crippen molar-refractivity contribution in [3.63, 3.8) is 0 Å². The molecule has 0 aliphatic carbocycles. The Morgan fingerprint density at radius 2 is 1.56 bits per heavy atom. The molecule has 0 aromatic heterocycles. The summed E-state index contributed by atoms with van der Waals surface area (Å²) in [5, 5.41) is 3.48. The quantitative estimate of drug-likeness (QED) is 0.861. The van der Waals surface area contributed by atoms with Crippen LogP contribution in [0, 0.1) is 27.7 Å². The van der Waals surface area contributed by atoms with Crippen molar-refractivity contribution in [2.45, 2.75) is 40.7 Å². The van der Waals surface area contributed by atoms with Gasteiger partial charge in [-0.05, 0) is 76.2 Å². The van der Waals surface area contributed by atoms with Gasteiger partial charge in [-0.3, -0.25) is 0 Å². The van der Waals surface area contributed by atoms with Crippen molar-refractivity contribution in [2.24, 2.45) is 0 Å². The van der Waals surface area contributed by atoms with Gasteiger partial charge in [0, 0.05) is 12.6 Å². The molecule has 0 radical (unpaired) electrons. The van der Waals surface area contributed by atoms with E-state index in [1.807, 2.05) is 0 Å². The Hall–Kier alpha value is -0.860. The van der Waals surface area contributed by atoms with E-state index >= 15 is 0 Å². The standard InChI is InChI=1S/C16H28N2/c1-8-17-10-15(18(6)7)16-13(4)11(2)9-12(3)14(16)5/h9,15,17H,8,10H2,1-7H3. The Labute approximate surface area is 112 Å². The number of hydrogen-bond donors (Lipinski definition) is 1. The lowest BCUT2D eigenvalue weighted by atomic mass is 9.89. The number of nitrogens with zero attached hydrogens (tertiary/aromatic N) is 1. The first-order valence-corrected chi connectivity index (χ1v) is 6.84. The molecule has 1 aromatic rings. The van der Waals surface area contributed by atoms with E-state index in [1.165, 1.54) is 27.8 Å². The molecule has 0 heterocycles. The first-order valence-electron chi connectivity index (χ1n) is 6.84. The maximum absolute atomic E-state index is 3.48. The van der Waals surface area contributed by atoms with Crippen LogP contribution in [0.4, 0.5) is 0 Å². The smallest absolute Gasteiger partial charge is 0.0472 e. The minimum atomic E-state index is 0.448. The predicted octanol–water partition coefficient (Wildman–Crippen LogP) is 3.13. The summed E-state index contributed by atoms with van der Waals surface area (Å²) < 4.78 is 0. The Morgan fingerprint density at radius 3 is 1.94 bits per heavy atom. The number of benzene rings is 1. The average molecular weight is 248 g/mol. The van der Waals surface area contributed by atoms with E-state index in [0.717, 1.165) is 13.1 Å². The molecule has 1 N–H and O–H groups in total. The summed E-state index contributed by atoms with van der Waals surface area (Å²) in [4.78, 5) is 2.32. The molecule has 2 nitrogen and oxygen atoms in total. The van der Waals surface area contributed by atoms with Crippen molar-refractivity contribution < 1.29 is 0 Å². The van der Waals surface area contributed by atoms with E-state index in [9.17, 15) is 0 Å². The molecule has 18 heavy (non-hydrogen) atoms. The summed E-state index contributed by atoms with van der Waals surface area (Å²) in [6.45, 7) is 13.1. The first kappa shape index (κ1) is 15.2. The number of nitrogens with one attached hydrogen (secondary N) is 1. The highest BCUT2D eigenvalue weighted by Gasteiger charge is 2.20. The van der Waals surface area contributed by atoms with Crippen LogP contribution in [0.3, 0.4) is 0 Å². The van der Waals surface area contributed by atoms with Gasteiger partial charge in [0.2, 0.25) is 0 Å². The third-order valence-electron chi connectivity index (χ3n) is 3.97. The number of likely N-dealkylation sites (N-methyl/N-ethyl adjacent to an activating group) is 2. The molecular weight excluding hydrogens is 220 g/mol. The molecule has 0 saturated carbocycles. The van der Waals surface area contributed by atoms with E-state index in [2.05, 4.69) is 65.0 Å². The average Bonchev–Trinajstić information content (AvgIpc) is 2.30. The van der Waals surface area contributed by atoms with Gasteiger partial charge >= 0.3 is 0 Å². The summed E-state index contributed by atoms with van der Waals surface area (Å²) in [5.41, 5.74) is 7.18. The van der Waals surface area contributed by atoms with Crippen molar-refractivity contribution in [3.05, 3.63) is 33.9 Å². The Morgan fingerprint density at radius 1 is 1.06 bits per heavy atom. The van der Waals surface area contributed by atoms with Crippen LogP contribution in [0.5, 0.6) is 0 Å². The summed E-state index contributed by atoms with van der Waals surface area (Å²) in [6, 6.07) is 2.75. The van der Waals surface area contributed by atoms with E-state index in [4.69, 9.17) is 0 Å². The molecule has 102 valence electrons. The van der Waals surface area contributed by atoms with Crippen molar-refractivity contribution >= 4 is 0 Å². The van der Waals surface area contributed by atoms with Gasteiger partial charge in [0.1, 0.15) is 0 Å². The van der Waals surface area contributed by atoms with Gasteiger partial charge in [-0.25, -0.2) is 0 Å². The molecule has 0 bridgehead atoms. The van der Waals surface area contributed by atoms with Gasteiger partial charge in [0.05, 0.1) is 0 Å². The third kappa shape index (κ3) is 3.12. The Bertz CT molecular complexity index is 382. The molecule has 1 rings (SSSR count). The number of aryl methyl sites for hydroxylation is 2. The van der Waals surface area contributed by atoms with Gasteiger partial charge in [0.25, 0.3) is 0 Å². The van der Waals surface area contributed by atoms with E-state index in [-0.39, 0.29) is 0 Å². The molecule has 2 heteroatoms. The SMILES string of the molecule is CCNCC(c1c(C)c(C)cc(C)c1C)N(C)C. The second kappa shape index (κ2) is 6.35. The topological polar surface area (TPSA) is 15.3 Å². The normalized spacial score (nSPS) is 13.1. The van der Waals surface area contributed by atoms with Gasteiger partial charge in [-0.15, -0.1) is 0 Å². The van der Waals surface area contributed by atoms with Gasteiger partial charge < -0.3 is 10.2 Å². The van der Waals surface area contributed by atoms with Crippen molar-refractivity contribution in [1.82, 2.24) is 10.2 Å². The fraction of sp³-hybridized carbons (Fsp3) is 0.625. The second-order valence-electron chi connectivity index (χ2n) is 5.46. The Kier molecular flexibility index (Phi) is 5.36. The summed E-state index contributed by atoms with van der Waals surface area (Å²) >= 11 is 0. The van der Waals surface area contributed by atoms with Gasteiger partial charge in [0.15, 0.2) is 0 Å². The minimum Gasteiger partial charge on any atom is -0.315 e. The highest BCUT2D eigenvalue weighted by atomic mass is 15.1. The maximum atomic E-state index is 3.48. The highest BCUT2D eigenvalue weighted by molar-refractivity contribution is 5.45. The van der Waals surface area contributed by atoms with Crippen LogP contribution in [0.1, 0.15) is 40.8 Å². The zero-order valence-electron chi connectivity index (χ0n) is 13.0. The van der Waals surface area contributed by atoms with Crippen LogP contribution in [-0.4, -0.2) is 32.1 Å². The third-order valence-corrected chi connectivity index (χ3v) is 3.97. The monoisotopic (exact) mass is 248 g/mol. The van der Waals surface area contributed by atoms with Crippen molar-refractivity contribution in [3.8, 4) is 0 Å². The van der Waals surface area contributed by atoms with Crippen molar-refractivity contribution in [2.75, 3.05) is 27.2 Å². The van der Waals surface area contributed by atoms with Crippen LogP contribution in [-0.2, 0) is 0 Å². The summed E-state index contributed by atoms with van der Waals surface area (Å²) in [5.74, 6) is 0. The second-order valence-corrected chi connectivity index (χ2v) is 5.46. The zero-order chi connectivity index (χ0) is 13.9. The number of hydrogen-bond acceptors (Lipinski definition) is 2. The number of rotatable bonds is 5. The van der Waals surface area contributed by atoms with Gasteiger partial charge in [-0.2, -0.15) is 0 Å². The fourth-order valence-electron chi connectivity index (χ4n) is 2.57. The summed E-state index contributed by atoms with van der Waals surface area (Å²) in [6.07, 6.45) is 0. The lowest BCUT2D eigenvalue weighted by Gasteiger charge is -2.29. The van der Waals surface area contributed by atoms with Crippen molar-refractivity contribution in [1.29, 1.82) is 0 Å². The minimum absolute atomic E-state index is 0.448. The molecule has 0 aliphatic rings. The molecule has 0 aliphatic heterocycles. The molecule has 0 fully saturated rings. The molecule has 0 saturated heterocycles. The molecule has 1 unspecified atom stereocenters. The van der Waals surface area contributed by atoms with Crippen LogP contribution < -0.4 is 5.32 Å². The highest BCUT2D eigenvalue weighted by Crippen LogP contribution is 2.29. The molecular formula is C16H28N2. The summed E-state index contributed by atoms with van der Waals surface area (Å²) in [7, 11) is 4.33. The lowest BCUT2D eigenvalue weighted by Crippen LogP contribution is -2.32. The first-order chi connectivity index (χ1) is 8.40. The van der Waals surface area contributed by atoms with Crippen LogP contribution in [0.25, 0.3) is 0 Å². The largest absolute Gasteiger partial charge is 0.315 e. The molecule has 1 aromatic carbocycles. The lowest BCUT2D eigenvalue weighted by molar-refractivity contribution is 0.288. The maximum Gasteiger partial charge on any atom is 0.0472 e. The predicted molar refractivity (Wildman–Crippen MR) is 80.4 cm³/mol. The van der Waals surface area contributed by atoms with E-state index in [0.29, 0.717) is 6.04 Å². The molecule has 0 amide bonds. The van der Waals surface area contributed by atoms with Crippen LogP contribution in [0.15, 0.2) is 6.07 Å². The van der Waals surface area contributed by atoms with E-state index < -0.39 is 0 Å². The fourth-order valence-corrected chi connectivity index (χ4v) is 2.57. The molecule has 0 spiro atoms. The zero-order valence-corrected chi connectivity index (χ0v) is 13.0. The van der Waals surface area contributed by atoms with E-state index in [1.54, 1.807) is 0 Å². The van der Waals surface area contributed by atoms with Crippen LogP contribution >= 0.6 is 0 Å². The molecule has 1 atom stereocenters. The van der Waals surface area contributed by atoms with Crippen LogP contribution in [0.2, 0.25) is 0 Å². The van der Waals surface area contributed by atoms with Gasteiger partial charge in [-0.1, -0.05) is 13.0 Å².